The van der Waals surface area contributed by atoms with Gasteiger partial charge in [0.2, 0.25) is 0 Å². The minimum Gasteiger partial charge on any atom is -0.481 e. The summed E-state index contributed by atoms with van der Waals surface area (Å²) in [6.07, 6.45) is 9.18. The van der Waals surface area contributed by atoms with Crippen molar-refractivity contribution in [3.05, 3.63) is 12.2 Å². The number of unbranched alkanes of at least 4 members (excludes halogenated alkanes) is 4. The van der Waals surface area contributed by atoms with Gasteiger partial charge in [0.05, 0.1) is 12.0 Å². The van der Waals surface area contributed by atoms with Crippen LogP contribution in [0.3, 0.4) is 0 Å². The number of rotatable bonds is 11. The molecule has 1 fully saturated rings. The summed E-state index contributed by atoms with van der Waals surface area (Å²) in [6.45, 7) is 2.10. The zero-order chi connectivity index (χ0) is 19.4. The van der Waals surface area contributed by atoms with Gasteiger partial charge in [0.15, 0.2) is 0 Å². The van der Waals surface area contributed by atoms with Crippen LogP contribution in [0.5, 0.6) is 0 Å². The van der Waals surface area contributed by atoms with Crippen LogP contribution in [-0.4, -0.2) is 39.3 Å². The smallest absolute Gasteiger partial charge is 0.303 e. The number of aliphatic hydroxyl groups excluding tert-OH is 2. The van der Waals surface area contributed by atoms with Gasteiger partial charge in [-0.3, -0.25) is 9.59 Å². The largest absolute Gasteiger partial charge is 0.481 e. The van der Waals surface area contributed by atoms with E-state index in [1.54, 1.807) is 0 Å². The molecule has 0 aromatic rings. The summed E-state index contributed by atoms with van der Waals surface area (Å²) in [6, 6.07) is 0. The maximum atomic E-state index is 12.1. The monoisotopic (exact) mass is 364 g/mol. The lowest BCUT2D eigenvalue weighted by molar-refractivity contribution is -0.137. The number of hydrogen-bond donors (Lipinski definition) is 3. The van der Waals surface area contributed by atoms with Crippen LogP contribution in [0.25, 0.3) is 0 Å². The number of ketones is 1. The molecule has 4 atom stereocenters. The first-order valence-corrected chi connectivity index (χ1v) is 9.72. The van der Waals surface area contributed by atoms with Gasteiger partial charge >= 0.3 is 5.97 Å². The van der Waals surface area contributed by atoms with E-state index in [1.165, 1.54) is 0 Å². The standard InChI is InChI=1S/C21H32O5/c1-2-3-7-10-16(22)13-14-18-17(19(23)15-20(18)24)11-8-5-4-6-9-12-21(25)26/h5,8,16-18,20,22,24H,2-4,6-7,9-12,15H2,1H3,(H,25,26)/b8-5-/t16-,17+,18+,20+/m0/s1. The summed E-state index contributed by atoms with van der Waals surface area (Å²) in [5, 5.41) is 28.6. The second-order valence-electron chi connectivity index (χ2n) is 7.02. The van der Waals surface area contributed by atoms with E-state index in [0.29, 0.717) is 19.3 Å². The molecule has 0 bridgehead atoms. The Morgan fingerprint density at radius 1 is 1.27 bits per heavy atom. The van der Waals surface area contributed by atoms with Gasteiger partial charge < -0.3 is 15.3 Å². The summed E-state index contributed by atoms with van der Waals surface area (Å²) in [4.78, 5) is 22.5. The Hall–Kier alpha value is -1.64. The molecule has 0 aliphatic heterocycles. The molecule has 0 unspecified atom stereocenters. The third-order valence-electron chi connectivity index (χ3n) is 4.74. The van der Waals surface area contributed by atoms with Gasteiger partial charge in [-0.2, -0.15) is 0 Å². The van der Waals surface area contributed by atoms with Gasteiger partial charge in [0.1, 0.15) is 11.9 Å². The predicted octanol–water partition coefficient (Wildman–Crippen LogP) is 3.09. The van der Waals surface area contributed by atoms with E-state index in [1.807, 2.05) is 12.2 Å². The molecular formula is C21H32O5. The Bertz CT molecular complexity index is 528. The maximum absolute atomic E-state index is 12.1. The zero-order valence-electron chi connectivity index (χ0n) is 15.7. The first-order valence-electron chi connectivity index (χ1n) is 9.72. The van der Waals surface area contributed by atoms with E-state index in [4.69, 9.17) is 5.11 Å². The van der Waals surface area contributed by atoms with Gasteiger partial charge in [-0.25, -0.2) is 0 Å². The first-order chi connectivity index (χ1) is 12.5. The number of allylic oxidation sites excluding steroid dienone is 2. The molecule has 0 amide bonds. The second kappa shape index (κ2) is 12.7. The molecule has 0 heterocycles. The van der Waals surface area contributed by atoms with Crippen LogP contribution in [0, 0.1) is 23.7 Å². The molecule has 1 rings (SSSR count). The highest BCUT2D eigenvalue weighted by Crippen LogP contribution is 2.31. The molecule has 0 radical (unpaired) electrons. The van der Waals surface area contributed by atoms with Crippen LogP contribution in [0.1, 0.15) is 71.1 Å². The lowest BCUT2D eigenvalue weighted by Crippen LogP contribution is -2.19. The van der Waals surface area contributed by atoms with Gasteiger partial charge in [-0.1, -0.05) is 43.8 Å². The summed E-state index contributed by atoms with van der Waals surface area (Å²) < 4.78 is 0. The fourth-order valence-electron chi connectivity index (χ4n) is 3.18. The molecule has 1 saturated carbocycles. The van der Waals surface area contributed by atoms with Crippen molar-refractivity contribution in [1.82, 2.24) is 0 Å². The van der Waals surface area contributed by atoms with Crippen molar-refractivity contribution < 1.29 is 24.9 Å². The predicted molar refractivity (Wildman–Crippen MR) is 100 cm³/mol. The topological polar surface area (TPSA) is 94.8 Å². The Kier molecular flexibility index (Phi) is 10.9. The lowest BCUT2D eigenvalue weighted by atomic mass is 9.91. The number of aliphatic carboxylic acids is 1. The highest BCUT2D eigenvalue weighted by Gasteiger charge is 2.39. The Balaban J connectivity index is 2.46. The van der Waals surface area contributed by atoms with Crippen LogP contribution < -0.4 is 0 Å². The molecule has 0 aromatic carbocycles. The highest BCUT2D eigenvalue weighted by atomic mass is 16.4. The minimum atomic E-state index is -0.780. The number of hydrogen-bond acceptors (Lipinski definition) is 4. The Labute approximate surface area is 156 Å². The molecule has 3 N–H and O–H groups in total. The van der Waals surface area contributed by atoms with E-state index in [2.05, 4.69) is 18.8 Å². The fourth-order valence-corrected chi connectivity index (χ4v) is 3.18. The third kappa shape index (κ3) is 8.64. The maximum Gasteiger partial charge on any atom is 0.303 e. The average molecular weight is 364 g/mol. The SMILES string of the molecule is CCCCC[C@H](O)C#C[C@H]1[C@H](O)CC(=O)[C@@H]1C/C=C\CCCCC(=O)O. The van der Waals surface area contributed by atoms with Crippen molar-refractivity contribution in [2.45, 2.75) is 83.3 Å². The fraction of sp³-hybridized carbons (Fsp3) is 0.714. The van der Waals surface area contributed by atoms with Gasteiger partial charge in [-0.15, -0.1) is 0 Å². The van der Waals surface area contributed by atoms with Gasteiger partial charge in [-0.05, 0) is 38.5 Å². The Morgan fingerprint density at radius 2 is 2.04 bits per heavy atom. The molecule has 0 spiro atoms. The molecule has 0 aromatic heterocycles. The Morgan fingerprint density at radius 3 is 2.73 bits per heavy atom. The van der Waals surface area contributed by atoms with Crippen molar-refractivity contribution >= 4 is 11.8 Å². The summed E-state index contributed by atoms with van der Waals surface area (Å²) in [7, 11) is 0. The van der Waals surface area contributed by atoms with Crippen molar-refractivity contribution in [2.24, 2.45) is 11.8 Å². The first kappa shape index (κ1) is 22.4. The van der Waals surface area contributed by atoms with E-state index in [0.717, 1.165) is 32.1 Å². The van der Waals surface area contributed by atoms with Crippen LogP contribution >= 0.6 is 0 Å². The second-order valence-corrected chi connectivity index (χ2v) is 7.02. The molecule has 1 aliphatic carbocycles. The van der Waals surface area contributed by atoms with Gasteiger partial charge in [0, 0.05) is 18.8 Å². The quantitative estimate of drug-likeness (QED) is 0.297. The van der Waals surface area contributed by atoms with Crippen molar-refractivity contribution in [3.8, 4) is 11.8 Å². The number of aliphatic hydroxyl groups is 2. The van der Waals surface area contributed by atoms with Crippen LogP contribution in [-0.2, 0) is 9.59 Å². The molecule has 1 aliphatic rings. The molecule has 5 heteroatoms. The average Bonchev–Trinajstić information content (AvgIpc) is 2.85. The number of carboxylic acids is 1. The van der Waals surface area contributed by atoms with Crippen LogP contribution in [0.15, 0.2) is 12.2 Å². The third-order valence-corrected chi connectivity index (χ3v) is 4.74. The molecule has 146 valence electrons. The van der Waals surface area contributed by atoms with Crippen molar-refractivity contribution in [3.63, 3.8) is 0 Å². The zero-order valence-corrected chi connectivity index (χ0v) is 15.7. The summed E-state index contributed by atoms with van der Waals surface area (Å²) in [5.74, 6) is 4.25. The molecule has 0 saturated heterocycles. The van der Waals surface area contributed by atoms with Gasteiger partial charge in [0.25, 0.3) is 0 Å². The van der Waals surface area contributed by atoms with Crippen LogP contribution in [0.2, 0.25) is 0 Å². The molecule has 5 nitrogen and oxygen atoms in total. The molecule has 26 heavy (non-hydrogen) atoms. The van der Waals surface area contributed by atoms with E-state index in [9.17, 15) is 19.8 Å². The van der Waals surface area contributed by atoms with E-state index >= 15 is 0 Å². The number of carbonyl (C=O) groups excluding carboxylic acids is 1. The summed E-state index contributed by atoms with van der Waals surface area (Å²) >= 11 is 0. The van der Waals surface area contributed by atoms with E-state index in [-0.39, 0.29) is 24.5 Å². The highest BCUT2D eigenvalue weighted by molar-refractivity contribution is 5.85. The lowest BCUT2D eigenvalue weighted by Gasteiger charge is -2.14. The summed E-state index contributed by atoms with van der Waals surface area (Å²) in [5.41, 5.74) is 0. The molecular weight excluding hydrogens is 332 g/mol. The number of Topliss-reactive ketones (excluding diaryl/α,β-unsaturated/α-hetero) is 1. The van der Waals surface area contributed by atoms with Crippen molar-refractivity contribution in [2.75, 3.05) is 0 Å². The number of carbonyl (C=O) groups is 2. The number of carboxylic acid groups (broad SMARTS) is 1. The van der Waals surface area contributed by atoms with E-state index < -0.39 is 24.1 Å². The van der Waals surface area contributed by atoms with Crippen LogP contribution in [0.4, 0.5) is 0 Å². The van der Waals surface area contributed by atoms with Crippen molar-refractivity contribution in [1.29, 1.82) is 0 Å². The normalized spacial score (nSPS) is 23.8. The minimum absolute atomic E-state index is 0.0211.